The van der Waals surface area contributed by atoms with Gasteiger partial charge in [0.1, 0.15) is 23.7 Å². The lowest BCUT2D eigenvalue weighted by atomic mass is 10.1. The molecule has 2 N–H and O–H groups in total. The van der Waals surface area contributed by atoms with E-state index < -0.39 is 5.82 Å². The Labute approximate surface area is 170 Å². The molecule has 4 rings (SSSR count). The topological polar surface area (TPSA) is 80.0 Å². The van der Waals surface area contributed by atoms with Gasteiger partial charge in [0.15, 0.2) is 5.88 Å². The lowest BCUT2D eigenvalue weighted by Crippen LogP contribution is -2.05. The second-order valence-electron chi connectivity index (χ2n) is 6.07. The molecular weight excluding hydrogens is 395 g/mol. The number of aromatic nitrogens is 2. The molecule has 0 aliphatic rings. The summed E-state index contributed by atoms with van der Waals surface area (Å²) in [4.78, 5) is 20.0. The molecule has 2 aromatic heterocycles. The summed E-state index contributed by atoms with van der Waals surface area (Å²) in [6, 6.07) is 13.3. The zero-order chi connectivity index (χ0) is 20.4. The van der Waals surface area contributed by atoms with Crippen molar-refractivity contribution in [1.29, 1.82) is 0 Å². The van der Waals surface area contributed by atoms with E-state index in [1.54, 1.807) is 18.2 Å². The van der Waals surface area contributed by atoms with E-state index in [0.29, 0.717) is 28.7 Å². The lowest BCUT2D eigenvalue weighted by molar-refractivity contribution is -0.112. The van der Waals surface area contributed by atoms with E-state index >= 15 is 0 Å². The van der Waals surface area contributed by atoms with Gasteiger partial charge in [0, 0.05) is 22.7 Å². The van der Waals surface area contributed by atoms with Crippen molar-refractivity contribution in [3.8, 4) is 11.3 Å². The summed E-state index contributed by atoms with van der Waals surface area (Å²) in [7, 11) is 0. The summed E-state index contributed by atoms with van der Waals surface area (Å²) >= 11 is 5.86. The predicted octanol–water partition coefficient (Wildman–Crippen LogP) is 5.55. The summed E-state index contributed by atoms with van der Waals surface area (Å²) < 4.78 is 19.1. The molecule has 0 saturated carbocycles. The molecule has 0 aliphatic heterocycles. The standard InChI is InChI=1S/C21H14ClFN4O2/c1-2-19(28)27-20-8-7-18(29-20)12-3-6-17-14(9-12)21(25-11-24-17)26-13-4-5-16(23)15(22)10-13/h2-11H,1H2,(H,27,28)(H,24,25,26). The maximum Gasteiger partial charge on any atom is 0.250 e. The molecule has 0 unspecified atom stereocenters. The number of anilines is 3. The third kappa shape index (κ3) is 3.95. The van der Waals surface area contributed by atoms with Crippen molar-refractivity contribution in [2.24, 2.45) is 0 Å². The van der Waals surface area contributed by atoms with Gasteiger partial charge in [0.2, 0.25) is 5.91 Å². The van der Waals surface area contributed by atoms with Crippen LogP contribution in [0.1, 0.15) is 0 Å². The normalized spacial score (nSPS) is 10.7. The Morgan fingerprint density at radius 1 is 1.14 bits per heavy atom. The lowest BCUT2D eigenvalue weighted by Gasteiger charge is -2.10. The van der Waals surface area contributed by atoms with Crippen LogP contribution >= 0.6 is 11.6 Å². The summed E-state index contributed by atoms with van der Waals surface area (Å²) in [5.41, 5.74) is 2.08. The van der Waals surface area contributed by atoms with Crippen LogP contribution in [0.2, 0.25) is 5.02 Å². The number of fused-ring (bicyclic) bond motifs is 1. The number of carbonyl (C=O) groups excluding carboxylic acids is 1. The second kappa shape index (κ2) is 7.73. The van der Waals surface area contributed by atoms with Crippen molar-refractivity contribution in [1.82, 2.24) is 9.97 Å². The highest BCUT2D eigenvalue weighted by Crippen LogP contribution is 2.31. The smallest absolute Gasteiger partial charge is 0.250 e. The molecule has 0 saturated heterocycles. The number of nitrogens with one attached hydrogen (secondary N) is 2. The summed E-state index contributed by atoms with van der Waals surface area (Å²) in [5, 5.41) is 6.45. The predicted molar refractivity (Wildman–Crippen MR) is 111 cm³/mol. The molecule has 0 fully saturated rings. The monoisotopic (exact) mass is 408 g/mol. The van der Waals surface area contributed by atoms with E-state index in [1.807, 2.05) is 18.2 Å². The summed E-state index contributed by atoms with van der Waals surface area (Å²) in [5.74, 6) is 0.553. The quantitative estimate of drug-likeness (QED) is 0.423. The molecule has 6 nitrogen and oxygen atoms in total. The van der Waals surface area contributed by atoms with Crippen LogP contribution in [-0.2, 0) is 4.79 Å². The first-order valence-electron chi connectivity index (χ1n) is 8.54. The molecular formula is C21H14ClFN4O2. The van der Waals surface area contributed by atoms with Gasteiger partial charge in [-0.15, -0.1) is 0 Å². The number of furan rings is 1. The molecule has 144 valence electrons. The fraction of sp³-hybridized carbons (Fsp3) is 0. The Morgan fingerprint density at radius 3 is 2.79 bits per heavy atom. The molecule has 0 aliphatic carbocycles. The van der Waals surface area contributed by atoms with Crippen LogP contribution in [0.15, 0.2) is 71.9 Å². The molecule has 2 heterocycles. The minimum absolute atomic E-state index is 0.0127. The average Bonchev–Trinajstić information content (AvgIpc) is 3.19. The van der Waals surface area contributed by atoms with E-state index in [-0.39, 0.29) is 10.9 Å². The van der Waals surface area contributed by atoms with Crippen LogP contribution in [-0.4, -0.2) is 15.9 Å². The number of nitrogens with zero attached hydrogens (tertiary/aromatic N) is 2. The van der Waals surface area contributed by atoms with E-state index in [1.165, 1.54) is 18.5 Å². The zero-order valence-electron chi connectivity index (χ0n) is 14.9. The van der Waals surface area contributed by atoms with Crippen LogP contribution in [0, 0.1) is 5.82 Å². The average molecular weight is 409 g/mol. The Bertz CT molecular complexity index is 1240. The molecule has 8 heteroatoms. The van der Waals surface area contributed by atoms with E-state index in [0.717, 1.165) is 17.0 Å². The largest absolute Gasteiger partial charge is 0.440 e. The molecule has 0 radical (unpaired) electrons. The van der Waals surface area contributed by atoms with Gasteiger partial charge in [-0.05, 0) is 48.5 Å². The van der Waals surface area contributed by atoms with E-state index in [4.69, 9.17) is 16.0 Å². The van der Waals surface area contributed by atoms with Crippen molar-refractivity contribution in [2.75, 3.05) is 10.6 Å². The molecule has 0 bridgehead atoms. The van der Waals surface area contributed by atoms with Gasteiger partial charge in [0.25, 0.3) is 0 Å². The number of rotatable bonds is 5. The van der Waals surface area contributed by atoms with Crippen molar-refractivity contribution in [3.05, 3.63) is 78.4 Å². The maximum absolute atomic E-state index is 13.4. The van der Waals surface area contributed by atoms with Crippen molar-refractivity contribution in [2.45, 2.75) is 0 Å². The van der Waals surface area contributed by atoms with Crippen LogP contribution in [0.4, 0.5) is 21.8 Å². The highest BCUT2D eigenvalue weighted by Gasteiger charge is 2.11. The Morgan fingerprint density at radius 2 is 2.00 bits per heavy atom. The first kappa shape index (κ1) is 18.6. The molecule has 1 amide bonds. The molecule has 0 spiro atoms. The minimum Gasteiger partial charge on any atom is -0.440 e. The van der Waals surface area contributed by atoms with Crippen LogP contribution in [0.5, 0.6) is 0 Å². The Hall–Kier alpha value is -3.71. The number of carbonyl (C=O) groups is 1. The zero-order valence-corrected chi connectivity index (χ0v) is 15.7. The number of hydrogen-bond donors (Lipinski definition) is 2. The summed E-state index contributed by atoms with van der Waals surface area (Å²) in [6.07, 6.45) is 2.60. The SMILES string of the molecule is C=CC(=O)Nc1ccc(-c2ccc3ncnc(Nc4ccc(F)c(Cl)c4)c3c2)o1. The van der Waals surface area contributed by atoms with E-state index in [2.05, 4.69) is 27.2 Å². The Balaban J connectivity index is 1.69. The fourth-order valence-corrected chi connectivity index (χ4v) is 2.93. The number of benzene rings is 2. The van der Waals surface area contributed by atoms with Gasteiger partial charge in [-0.3, -0.25) is 10.1 Å². The third-order valence-electron chi connectivity index (χ3n) is 4.14. The highest BCUT2D eigenvalue weighted by molar-refractivity contribution is 6.31. The first-order chi connectivity index (χ1) is 14.0. The van der Waals surface area contributed by atoms with Crippen LogP contribution in [0.3, 0.4) is 0 Å². The molecule has 2 aromatic carbocycles. The molecule has 4 aromatic rings. The number of halogens is 2. The first-order valence-corrected chi connectivity index (χ1v) is 8.92. The molecule has 29 heavy (non-hydrogen) atoms. The number of hydrogen-bond acceptors (Lipinski definition) is 5. The molecule has 0 atom stereocenters. The Kier molecular flexibility index (Phi) is 4.97. The third-order valence-corrected chi connectivity index (χ3v) is 4.43. The fourth-order valence-electron chi connectivity index (χ4n) is 2.75. The minimum atomic E-state index is -0.496. The van der Waals surface area contributed by atoms with E-state index in [9.17, 15) is 9.18 Å². The van der Waals surface area contributed by atoms with Gasteiger partial charge in [-0.25, -0.2) is 14.4 Å². The summed E-state index contributed by atoms with van der Waals surface area (Å²) in [6.45, 7) is 3.41. The second-order valence-corrected chi connectivity index (χ2v) is 6.47. The van der Waals surface area contributed by atoms with Gasteiger partial charge in [-0.2, -0.15) is 0 Å². The maximum atomic E-state index is 13.4. The van der Waals surface area contributed by atoms with Gasteiger partial charge in [0.05, 0.1) is 10.5 Å². The van der Waals surface area contributed by atoms with Crippen molar-refractivity contribution in [3.63, 3.8) is 0 Å². The van der Waals surface area contributed by atoms with Gasteiger partial charge in [-0.1, -0.05) is 18.2 Å². The highest BCUT2D eigenvalue weighted by atomic mass is 35.5. The van der Waals surface area contributed by atoms with Crippen LogP contribution in [0.25, 0.3) is 22.2 Å². The van der Waals surface area contributed by atoms with Crippen molar-refractivity contribution >= 4 is 45.8 Å². The van der Waals surface area contributed by atoms with Crippen molar-refractivity contribution < 1.29 is 13.6 Å². The van der Waals surface area contributed by atoms with Gasteiger partial charge < -0.3 is 9.73 Å². The number of amides is 1. The van der Waals surface area contributed by atoms with Crippen LogP contribution < -0.4 is 10.6 Å². The van der Waals surface area contributed by atoms with Gasteiger partial charge >= 0.3 is 0 Å².